The van der Waals surface area contributed by atoms with Gasteiger partial charge in [-0.1, -0.05) is 31.0 Å². The van der Waals surface area contributed by atoms with Crippen molar-refractivity contribution in [2.45, 2.75) is 83.1 Å². The maximum atomic E-state index is 16.8. The van der Waals surface area contributed by atoms with Crippen LogP contribution in [0, 0.1) is 22.7 Å². The summed E-state index contributed by atoms with van der Waals surface area (Å²) in [6.07, 6.45) is 3.31. The SMILES string of the molecule is C[C@]12CC[C@@]3(F)[C@@H](CCC4=CC(=O)CC[C@@]43C)[C@@H]1CC[C@H]2OC(=O)OCC(O)C(=O)OCCl. The Labute approximate surface area is 198 Å². The van der Waals surface area contributed by atoms with E-state index in [1.165, 1.54) is 0 Å². The summed E-state index contributed by atoms with van der Waals surface area (Å²) in [6, 6.07) is -0.411. The van der Waals surface area contributed by atoms with Crippen LogP contribution in [0.5, 0.6) is 0 Å². The van der Waals surface area contributed by atoms with Gasteiger partial charge in [0.15, 0.2) is 18.0 Å². The van der Waals surface area contributed by atoms with Gasteiger partial charge in [-0.3, -0.25) is 4.79 Å². The number of hydrogen-bond donors (Lipinski definition) is 1. The second-order valence-corrected chi connectivity index (χ2v) is 10.6. The number of ether oxygens (including phenoxy) is 3. The zero-order chi connectivity index (χ0) is 24.0. The van der Waals surface area contributed by atoms with Crippen LogP contribution in [0.25, 0.3) is 0 Å². The molecule has 1 N–H and O–H groups in total. The number of carbonyl (C=O) groups excluding carboxylic acids is 3. The van der Waals surface area contributed by atoms with Crippen LogP contribution in [0.2, 0.25) is 0 Å². The number of alkyl halides is 2. The first kappa shape index (κ1) is 24.5. The molecule has 0 saturated heterocycles. The summed E-state index contributed by atoms with van der Waals surface area (Å²) in [4.78, 5) is 35.6. The van der Waals surface area contributed by atoms with Crippen molar-refractivity contribution in [2.75, 3.05) is 12.7 Å². The summed E-state index contributed by atoms with van der Waals surface area (Å²) in [5.74, 6) is -0.974. The van der Waals surface area contributed by atoms with Crippen LogP contribution in [0.4, 0.5) is 9.18 Å². The Morgan fingerprint density at radius 3 is 2.64 bits per heavy atom. The molecule has 0 aromatic heterocycles. The van der Waals surface area contributed by atoms with Gasteiger partial charge in [-0.2, -0.15) is 0 Å². The molecule has 0 aromatic rings. The van der Waals surface area contributed by atoms with Gasteiger partial charge in [0.2, 0.25) is 0 Å². The average Bonchev–Trinajstić information content (AvgIpc) is 3.09. The molecule has 0 spiro atoms. The molecule has 184 valence electrons. The Balaban J connectivity index is 1.43. The smallest absolute Gasteiger partial charge is 0.447 e. The van der Waals surface area contributed by atoms with Crippen molar-refractivity contribution in [3.05, 3.63) is 11.6 Å². The fourth-order valence-electron chi connectivity index (χ4n) is 7.11. The van der Waals surface area contributed by atoms with Crippen LogP contribution in [0.1, 0.15) is 65.2 Å². The lowest BCUT2D eigenvalue weighted by Crippen LogP contribution is -2.61. The average molecular weight is 487 g/mol. The Morgan fingerprint density at radius 2 is 1.91 bits per heavy atom. The van der Waals surface area contributed by atoms with Crippen molar-refractivity contribution in [3.8, 4) is 0 Å². The standard InChI is InChI=1S/C24H32ClFO7/c1-22-9-10-24(26)17(4-3-14-11-15(27)7-8-23(14,24)2)16(22)5-6-19(22)33-21(30)31-12-18(28)20(29)32-13-25/h11,16-19,28H,3-10,12-13H2,1-2H3/t16-,17-,18?,19+,22-,23-,24+/m0/s1. The minimum Gasteiger partial charge on any atom is -0.447 e. The predicted molar refractivity (Wildman–Crippen MR) is 116 cm³/mol. The van der Waals surface area contributed by atoms with Crippen LogP contribution in [0.15, 0.2) is 11.6 Å². The summed E-state index contributed by atoms with van der Waals surface area (Å²) in [6.45, 7) is 3.46. The molecule has 33 heavy (non-hydrogen) atoms. The van der Waals surface area contributed by atoms with Crippen LogP contribution in [0.3, 0.4) is 0 Å². The van der Waals surface area contributed by atoms with E-state index in [1.807, 2.05) is 6.92 Å². The zero-order valence-electron chi connectivity index (χ0n) is 19.1. The minimum absolute atomic E-state index is 0.0642. The summed E-state index contributed by atoms with van der Waals surface area (Å²) >= 11 is 5.28. The topological polar surface area (TPSA) is 99.1 Å². The summed E-state index contributed by atoms with van der Waals surface area (Å²) in [5.41, 5.74) is -1.40. The van der Waals surface area contributed by atoms with E-state index in [-0.39, 0.29) is 23.0 Å². The predicted octanol–water partition coefficient (Wildman–Crippen LogP) is 4.23. The molecule has 0 radical (unpaired) electrons. The number of aliphatic hydroxyl groups is 1. The van der Waals surface area contributed by atoms with Gasteiger partial charge in [0.05, 0.1) is 0 Å². The molecule has 0 heterocycles. The molecule has 9 heteroatoms. The Bertz CT molecular complexity index is 862. The molecule has 7 atom stereocenters. The molecule has 0 aliphatic heterocycles. The quantitative estimate of drug-likeness (QED) is 0.458. The molecule has 1 unspecified atom stereocenters. The van der Waals surface area contributed by atoms with Crippen molar-refractivity contribution in [1.29, 1.82) is 0 Å². The first-order valence-corrected chi connectivity index (χ1v) is 12.3. The maximum absolute atomic E-state index is 16.8. The van der Waals surface area contributed by atoms with E-state index in [1.54, 1.807) is 6.08 Å². The number of aliphatic hydroxyl groups excluding tert-OH is 1. The van der Waals surface area contributed by atoms with Crippen LogP contribution in [-0.4, -0.2) is 53.6 Å². The Hall–Kier alpha value is -1.67. The monoisotopic (exact) mass is 486 g/mol. The van der Waals surface area contributed by atoms with E-state index in [2.05, 4.69) is 11.7 Å². The lowest BCUT2D eigenvalue weighted by atomic mass is 9.46. The van der Waals surface area contributed by atoms with E-state index in [9.17, 15) is 19.5 Å². The van der Waals surface area contributed by atoms with Gasteiger partial charge in [-0.15, -0.1) is 0 Å². The third-order valence-electron chi connectivity index (χ3n) is 9.05. The lowest BCUT2D eigenvalue weighted by molar-refractivity contribution is -0.158. The number of ketones is 1. The summed E-state index contributed by atoms with van der Waals surface area (Å²) in [5, 5.41) is 9.66. The second-order valence-electron chi connectivity index (χ2n) is 10.4. The first-order chi connectivity index (χ1) is 15.5. The molecule has 0 amide bonds. The van der Waals surface area contributed by atoms with Crippen LogP contribution in [-0.2, 0) is 23.8 Å². The zero-order valence-corrected chi connectivity index (χ0v) is 19.9. The highest BCUT2D eigenvalue weighted by Gasteiger charge is 2.67. The van der Waals surface area contributed by atoms with Gasteiger partial charge in [0.25, 0.3) is 0 Å². The molecule has 4 aliphatic rings. The first-order valence-electron chi connectivity index (χ1n) is 11.7. The van der Waals surface area contributed by atoms with Gasteiger partial charge >= 0.3 is 12.1 Å². The molecular formula is C24H32ClFO7. The summed E-state index contributed by atoms with van der Waals surface area (Å²) in [7, 11) is 0. The van der Waals surface area contributed by atoms with Crippen molar-refractivity contribution in [2.24, 2.45) is 22.7 Å². The largest absolute Gasteiger partial charge is 0.508 e. The molecule has 0 aromatic carbocycles. The van der Waals surface area contributed by atoms with Crippen molar-refractivity contribution in [3.63, 3.8) is 0 Å². The highest BCUT2D eigenvalue weighted by Crippen LogP contribution is 2.68. The number of esters is 1. The van der Waals surface area contributed by atoms with Crippen LogP contribution >= 0.6 is 11.6 Å². The lowest BCUT2D eigenvalue weighted by Gasteiger charge is -2.61. The van der Waals surface area contributed by atoms with Crippen molar-refractivity contribution in [1.82, 2.24) is 0 Å². The van der Waals surface area contributed by atoms with Crippen LogP contribution < -0.4 is 0 Å². The van der Waals surface area contributed by atoms with Crippen molar-refractivity contribution < 1.29 is 38.1 Å². The normalized spacial score (nSPS) is 40.6. The van der Waals surface area contributed by atoms with Crippen molar-refractivity contribution >= 4 is 29.5 Å². The van der Waals surface area contributed by atoms with E-state index >= 15 is 4.39 Å². The molecule has 3 saturated carbocycles. The number of allylic oxidation sites excluding steroid dienone is 1. The second kappa shape index (κ2) is 8.84. The molecule has 4 aliphatic carbocycles. The number of halogens is 2. The van der Waals surface area contributed by atoms with Gasteiger partial charge < -0.3 is 19.3 Å². The molecule has 4 rings (SSSR count). The third kappa shape index (κ3) is 3.97. The third-order valence-corrected chi connectivity index (χ3v) is 9.16. The van der Waals surface area contributed by atoms with E-state index in [0.29, 0.717) is 38.5 Å². The molecule has 3 fully saturated rings. The number of carbonyl (C=O) groups is 3. The molecular weight excluding hydrogens is 455 g/mol. The number of rotatable bonds is 5. The minimum atomic E-state index is -1.64. The fraction of sp³-hybridized carbons (Fsp3) is 0.792. The number of hydrogen-bond acceptors (Lipinski definition) is 7. The van der Waals surface area contributed by atoms with Gasteiger partial charge in [0, 0.05) is 17.3 Å². The fourth-order valence-corrected chi connectivity index (χ4v) is 7.22. The van der Waals surface area contributed by atoms with Gasteiger partial charge in [-0.25, -0.2) is 14.0 Å². The molecule has 7 nitrogen and oxygen atoms in total. The van der Waals surface area contributed by atoms with E-state index in [0.717, 1.165) is 18.4 Å². The highest BCUT2D eigenvalue weighted by molar-refractivity contribution is 6.17. The summed E-state index contributed by atoms with van der Waals surface area (Å²) < 4.78 is 31.8. The number of fused-ring (bicyclic) bond motifs is 5. The van der Waals surface area contributed by atoms with E-state index in [4.69, 9.17) is 21.1 Å². The highest BCUT2D eigenvalue weighted by atomic mass is 35.5. The molecule has 0 bridgehead atoms. The Kier molecular flexibility index (Phi) is 6.55. The van der Waals surface area contributed by atoms with Gasteiger partial charge in [-0.05, 0) is 62.9 Å². The van der Waals surface area contributed by atoms with E-state index < -0.39 is 48.1 Å². The van der Waals surface area contributed by atoms with Gasteiger partial charge in [0.1, 0.15) is 18.4 Å². The Morgan fingerprint density at radius 1 is 1.15 bits per heavy atom. The maximum Gasteiger partial charge on any atom is 0.508 e.